The molecular weight excluding hydrogens is 286 g/mol. The lowest BCUT2D eigenvalue weighted by Crippen LogP contribution is -2.23. The van der Waals surface area contributed by atoms with E-state index in [4.69, 9.17) is 0 Å². The van der Waals surface area contributed by atoms with E-state index in [1.807, 2.05) is 7.05 Å². The molecule has 0 radical (unpaired) electrons. The summed E-state index contributed by atoms with van der Waals surface area (Å²) in [4.78, 5) is 0. The first-order valence-corrected chi connectivity index (χ1v) is 7.00. The Balaban J connectivity index is 2.14. The fourth-order valence-electron chi connectivity index (χ4n) is 1.93. The lowest BCUT2D eigenvalue weighted by Gasteiger charge is -2.10. The van der Waals surface area contributed by atoms with Crippen LogP contribution >= 0.6 is 15.9 Å². The Morgan fingerprint density at radius 3 is 1.94 bits per heavy atom. The van der Waals surface area contributed by atoms with Crippen molar-refractivity contribution in [2.45, 2.75) is 19.4 Å². The van der Waals surface area contributed by atoms with Crippen molar-refractivity contribution in [3.05, 3.63) is 58.6 Å². The quantitative estimate of drug-likeness (QED) is 0.889. The number of halogens is 1. The summed E-state index contributed by atoms with van der Waals surface area (Å²) in [6, 6.07) is 17.8. The fourth-order valence-corrected chi connectivity index (χ4v) is 2.20. The van der Waals surface area contributed by atoms with E-state index in [1.165, 1.54) is 16.7 Å². The maximum absolute atomic E-state index is 3.46. The van der Waals surface area contributed by atoms with Gasteiger partial charge in [-0.05, 0) is 49.2 Å². The second kappa shape index (κ2) is 6.17. The third kappa shape index (κ3) is 3.44. The van der Waals surface area contributed by atoms with Crippen LogP contribution < -0.4 is 5.32 Å². The van der Waals surface area contributed by atoms with Crippen molar-refractivity contribution in [2.75, 3.05) is 7.05 Å². The fraction of sp³-hybridized carbons (Fsp3) is 0.250. The molecule has 0 aliphatic carbocycles. The highest BCUT2D eigenvalue weighted by Gasteiger charge is 2.01. The van der Waals surface area contributed by atoms with Crippen molar-refractivity contribution < 1.29 is 0 Å². The van der Waals surface area contributed by atoms with E-state index in [0.29, 0.717) is 6.04 Å². The summed E-state index contributed by atoms with van der Waals surface area (Å²) in [5.41, 5.74) is 3.90. The van der Waals surface area contributed by atoms with Crippen LogP contribution in [0.4, 0.5) is 0 Å². The van der Waals surface area contributed by atoms with Gasteiger partial charge in [0.05, 0.1) is 0 Å². The number of likely N-dealkylation sites (N-methyl/N-ethyl adjacent to an activating group) is 1. The second-order valence-corrected chi connectivity index (χ2v) is 5.51. The van der Waals surface area contributed by atoms with Crippen molar-refractivity contribution in [3.8, 4) is 11.1 Å². The summed E-state index contributed by atoms with van der Waals surface area (Å²) in [5, 5.41) is 3.26. The zero-order valence-electron chi connectivity index (χ0n) is 10.8. The van der Waals surface area contributed by atoms with Crippen molar-refractivity contribution in [1.82, 2.24) is 5.32 Å². The molecule has 2 aromatic carbocycles. The Labute approximate surface area is 117 Å². The molecule has 1 atom stereocenters. The van der Waals surface area contributed by atoms with Crippen molar-refractivity contribution >= 4 is 15.9 Å². The average Bonchev–Trinajstić information content (AvgIpc) is 2.40. The van der Waals surface area contributed by atoms with Gasteiger partial charge in [-0.2, -0.15) is 0 Å². The minimum atomic E-state index is 0.517. The zero-order valence-corrected chi connectivity index (χ0v) is 12.4. The van der Waals surface area contributed by atoms with Gasteiger partial charge in [-0.15, -0.1) is 0 Å². The highest BCUT2D eigenvalue weighted by Crippen LogP contribution is 2.22. The molecule has 2 heteroatoms. The molecule has 2 aromatic rings. The van der Waals surface area contributed by atoms with Gasteiger partial charge in [0.15, 0.2) is 0 Å². The predicted octanol–water partition coefficient (Wildman–Crippen LogP) is 4.27. The van der Waals surface area contributed by atoms with Crippen molar-refractivity contribution in [2.24, 2.45) is 0 Å². The summed E-state index contributed by atoms with van der Waals surface area (Å²) < 4.78 is 1.12. The van der Waals surface area contributed by atoms with Gasteiger partial charge in [0, 0.05) is 10.5 Å². The molecule has 0 saturated carbocycles. The van der Waals surface area contributed by atoms with E-state index in [2.05, 4.69) is 76.7 Å². The van der Waals surface area contributed by atoms with Crippen LogP contribution in [0.3, 0.4) is 0 Å². The first-order chi connectivity index (χ1) is 8.69. The van der Waals surface area contributed by atoms with Gasteiger partial charge >= 0.3 is 0 Å². The molecule has 1 unspecified atom stereocenters. The third-order valence-electron chi connectivity index (χ3n) is 3.17. The predicted molar refractivity (Wildman–Crippen MR) is 81.8 cm³/mol. The van der Waals surface area contributed by atoms with Crippen LogP contribution in [0, 0.1) is 0 Å². The number of hydrogen-bond acceptors (Lipinski definition) is 1. The first-order valence-electron chi connectivity index (χ1n) is 6.21. The largest absolute Gasteiger partial charge is 0.317 e. The highest BCUT2D eigenvalue weighted by molar-refractivity contribution is 9.10. The molecule has 0 heterocycles. The van der Waals surface area contributed by atoms with Gasteiger partial charge in [-0.25, -0.2) is 0 Å². The number of hydrogen-bond donors (Lipinski definition) is 1. The molecule has 18 heavy (non-hydrogen) atoms. The maximum atomic E-state index is 3.46. The molecule has 94 valence electrons. The van der Waals surface area contributed by atoms with Gasteiger partial charge in [-0.3, -0.25) is 0 Å². The Hall–Kier alpha value is -1.12. The molecule has 0 saturated heterocycles. The third-order valence-corrected chi connectivity index (χ3v) is 3.69. The van der Waals surface area contributed by atoms with Gasteiger partial charge in [0.25, 0.3) is 0 Å². The number of nitrogens with one attached hydrogen (secondary N) is 1. The average molecular weight is 304 g/mol. The van der Waals surface area contributed by atoms with E-state index in [-0.39, 0.29) is 0 Å². The number of benzene rings is 2. The summed E-state index contributed by atoms with van der Waals surface area (Å²) in [7, 11) is 2.00. The topological polar surface area (TPSA) is 12.0 Å². The van der Waals surface area contributed by atoms with Crippen LogP contribution in [-0.4, -0.2) is 13.1 Å². The van der Waals surface area contributed by atoms with Gasteiger partial charge in [0.2, 0.25) is 0 Å². The molecule has 0 aromatic heterocycles. The minimum Gasteiger partial charge on any atom is -0.317 e. The van der Waals surface area contributed by atoms with E-state index in [9.17, 15) is 0 Å². The van der Waals surface area contributed by atoms with Crippen molar-refractivity contribution in [3.63, 3.8) is 0 Å². The highest BCUT2D eigenvalue weighted by atomic mass is 79.9. The van der Waals surface area contributed by atoms with Gasteiger partial charge in [-0.1, -0.05) is 52.3 Å². The van der Waals surface area contributed by atoms with Crippen LogP contribution in [0.2, 0.25) is 0 Å². The molecule has 0 spiro atoms. The molecule has 0 aliphatic heterocycles. The summed E-state index contributed by atoms with van der Waals surface area (Å²) in [6.07, 6.45) is 1.07. The molecule has 0 bridgehead atoms. The standard InChI is InChI=1S/C16H18BrN/c1-12(18-2)11-13-3-5-14(6-4-13)15-7-9-16(17)10-8-15/h3-10,12,18H,11H2,1-2H3. The molecule has 0 fully saturated rings. The molecule has 2 rings (SSSR count). The monoisotopic (exact) mass is 303 g/mol. The zero-order chi connectivity index (χ0) is 13.0. The van der Waals surface area contributed by atoms with E-state index < -0.39 is 0 Å². The Bertz CT molecular complexity index is 488. The second-order valence-electron chi connectivity index (χ2n) is 4.60. The normalized spacial score (nSPS) is 12.4. The summed E-state index contributed by atoms with van der Waals surface area (Å²) in [5.74, 6) is 0. The van der Waals surface area contributed by atoms with Crippen LogP contribution in [0.15, 0.2) is 53.0 Å². The number of rotatable bonds is 4. The van der Waals surface area contributed by atoms with Gasteiger partial charge in [0.1, 0.15) is 0 Å². The Kier molecular flexibility index (Phi) is 4.56. The first kappa shape index (κ1) is 13.3. The maximum Gasteiger partial charge on any atom is 0.0175 e. The van der Waals surface area contributed by atoms with Crippen LogP contribution in [0.5, 0.6) is 0 Å². The SMILES string of the molecule is CNC(C)Cc1ccc(-c2ccc(Br)cc2)cc1. The molecule has 1 N–H and O–H groups in total. The lowest BCUT2D eigenvalue weighted by molar-refractivity contribution is 0.608. The van der Waals surface area contributed by atoms with E-state index >= 15 is 0 Å². The van der Waals surface area contributed by atoms with Crippen LogP contribution in [0.1, 0.15) is 12.5 Å². The van der Waals surface area contributed by atoms with E-state index in [0.717, 1.165) is 10.9 Å². The smallest absolute Gasteiger partial charge is 0.0175 e. The summed E-state index contributed by atoms with van der Waals surface area (Å²) in [6.45, 7) is 2.20. The Morgan fingerprint density at radius 2 is 1.44 bits per heavy atom. The minimum absolute atomic E-state index is 0.517. The summed E-state index contributed by atoms with van der Waals surface area (Å²) >= 11 is 3.46. The molecule has 0 amide bonds. The molecule has 0 aliphatic rings. The van der Waals surface area contributed by atoms with Crippen LogP contribution in [-0.2, 0) is 6.42 Å². The van der Waals surface area contributed by atoms with Crippen LogP contribution in [0.25, 0.3) is 11.1 Å². The van der Waals surface area contributed by atoms with Gasteiger partial charge < -0.3 is 5.32 Å². The molecular formula is C16H18BrN. The lowest BCUT2D eigenvalue weighted by atomic mass is 10.0. The van der Waals surface area contributed by atoms with E-state index in [1.54, 1.807) is 0 Å². The molecule has 1 nitrogen and oxygen atoms in total. The van der Waals surface area contributed by atoms with Crippen molar-refractivity contribution in [1.29, 1.82) is 0 Å². The Morgan fingerprint density at radius 1 is 0.944 bits per heavy atom.